The molecule has 0 spiro atoms. The first-order valence-corrected chi connectivity index (χ1v) is 21.9. The quantitative estimate of drug-likeness (QED) is 0.0779. The van der Waals surface area contributed by atoms with E-state index in [1.165, 1.54) is 9.13 Å². The summed E-state index contributed by atoms with van der Waals surface area (Å²) in [6.45, 7) is 7.38. The number of imidazole rings is 1. The van der Waals surface area contributed by atoms with Gasteiger partial charge in [-0.2, -0.15) is 0 Å². The molecular formula is C42H48N6O9S2. The van der Waals surface area contributed by atoms with Crippen molar-refractivity contribution in [3.8, 4) is 5.75 Å². The Balaban J connectivity index is 0.836. The number of nitrogens with one attached hydrogen (secondary N) is 2. The highest BCUT2D eigenvalue weighted by molar-refractivity contribution is 7.92. The number of amides is 2. The van der Waals surface area contributed by atoms with Gasteiger partial charge in [0.2, 0.25) is 11.8 Å². The zero-order chi connectivity index (χ0) is 41.7. The maximum Gasteiger partial charge on any atom is 0.329 e. The van der Waals surface area contributed by atoms with E-state index in [1.807, 2.05) is 42.5 Å². The largest absolute Gasteiger partial charge is 0.490 e. The molecule has 15 nitrogen and oxygen atoms in total. The minimum absolute atomic E-state index is 0.0848. The van der Waals surface area contributed by atoms with Gasteiger partial charge in [0.1, 0.15) is 23.3 Å². The molecule has 6 aromatic rings. The van der Waals surface area contributed by atoms with Crippen LogP contribution in [-0.2, 0) is 47.1 Å². The molecule has 0 saturated carbocycles. The molecule has 1 atom stereocenters. The number of aromatic nitrogens is 4. The van der Waals surface area contributed by atoms with Gasteiger partial charge < -0.3 is 24.3 Å². The second kappa shape index (κ2) is 18.0. The highest BCUT2D eigenvalue weighted by Gasteiger charge is 2.34. The number of hydrogen-bond donors (Lipinski definition) is 2. The minimum Gasteiger partial charge on any atom is -0.490 e. The van der Waals surface area contributed by atoms with Crippen molar-refractivity contribution in [2.75, 3.05) is 51.6 Å². The van der Waals surface area contributed by atoms with Crippen LogP contribution in [0.3, 0.4) is 0 Å². The molecule has 2 N–H and O–H groups in total. The second-order valence-electron chi connectivity index (χ2n) is 15.2. The number of rotatable bonds is 18. The van der Waals surface area contributed by atoms with Gasteiger partial charge >= 0.3 is 5.69 Å². The Hall–Kier alpha value is -5.20. The van der Waals surface area contributed by atoms with Gasteiger partial charge in [-0.3, -0.25) is 29.0 Å². The Bertz CT molecular complexity index is 2660. The zero-order valence-corrected chi connectivity index (χ0v) is 35.1. The van der Waals surface area contributed by atoms with Crippen LogP contribution in [0.4, 0.5) is 11.4 Å². The highest BCUT2D eigenvalue weighted by Crippen LogP contribution is 2.38. The first kappa shape index (κ1) is 41.9. The molecule has 1 fully saturated rings. The Kier molecular flexibility index (Phi) is 12.8. The Morgan fingerprint density at radius 3 is 2.36 bits per heavy atom. The van der Waals surface area contributed by atoms with Gasteiger partial charge in [0.05, 0.1) is 70.1 Å². The van der Waals surface area contributed by atoms with Gasteiger partial charge in [0.15, 0.2) is 9.84 Å². The summed E-state index contributed by atoms with van der Waals surface area (Å²) < 4.78 is 53.8. The number of anilines is 2. The van der Waals surface area contributed by atoms with Crippen LogP contribution in [0, 0.1) is 0 Å². The SMILES string of the molecule is Cn1c(=O)n(C2CCC(=O)NC2=O)c2ccc(CCCOCCOCCOCCOc3cc4nccc(Nc5ccc6scnc6c5)c4cc3S(=O)(=O)C(C)(C)C)cc21. The summed E-state index contributed by atoms with van der Waals surface area (Å²) in [6.07, 6.45) is 3.67. The van der Waals surface area contributed by atoms with Crippen molar-refractivity contribution in [1.82, 2.24) is 24.4 Å². The lowest BCUT2D eigenvalue weighted by Gasteiger charge is -2.22. The fourth-order valence-electron chi connectivity index (χ4n) is 6.93. The molecule has 0 aliphatic carbocycles. The summed E-state index contributed by atoms with van der Waals surface area (Å²) in [5.74, 6) is -0.558. The van der Waals surface area contributed by atoms with E-state index in [0.29, 0.717) is 61.6 Å². The normalized spacial score (nSPS) is 15.0. The van der Waals surface area contributed by atoms with E-state index in [-0.39, 0.29) is 41.9 Å². The number of sulfone groups is 1. The van der Waals surface area contributed by atoms with Gasteiger partial charge in [-0.25, -0.2) is 18.2 Å². The lowest BCUT2D eigenvalue weighted by Crippen LogP contribution is -2.44. The summed E-state index contributed by atoms with van der Waals surface area (Å²) in [5.41, 5.74) is 6.94. The molecule has 3 aromatic heterocycles. The molecule has 17 heteroatoms. The van der Waals surface area contributed by atoms with E-state index in [4.69, 9.17) is 18.9 Å². The molecule has 1 aliphatic rings. The van der Waals surface area contributed by atoms with Crippen LogP contribution < -0.4 is 21.1 Å². The Morgan fingerprint density at radius 2 is 1.61 bits per heavy atom. The average molecular weight is 845 g/mol. The monoisotopic (exact) mass is 844 g/mol. The van der Waals surface area contributed by atoms with Crippen LogP contribution in [0.25, 0.3) is 32.2 Å². The number of nitrogens with zero attached hydrogens (tertiary/aromatic N) is 4. The Morgan fingerprint density at radius 1 is 0.864 bits per heavy atom. The molecule has 2 amide bonds. The fraction of sp³-hybridized carbons (Fsp3) is 0.405. The first-order chi connectivity index (χ1) is 28.3. The minimum atomic E-state index is -3.80. The number of thiazole rings is 1. The molecule has 1 unspecified atom stereocenters. The van der Waals surface area contributed by atoms with E-state index in [1.54, 1.807) is 63.0 Å². The van der Waals surface area contributed by atoms with Crippen molar-refractivity contribution < 1.29 is 37.0 Å². The fourth-order valence-corrected chi connectivity index (χ4v) is 8.91. The standard InChI is InChI=1S/C42H48N6O9S2/c1-42(2,3)59(52,53)38-24-29-30(45-28-8-11-37-32(23-28)44-26-58-37)13-14-43-31(29)25-36(38)57-21-20-56-19-18-55-17-16-54-15-5-6-27-7-9-33-35(22-27)47(4)41(51)48(33)34-10-12-39(49)46-40(34)50/h7-9,11,13-14,22-26,34H,5-6,10,12,15-21H2,1-4H3,(H,43,45)(H,46,49,50). The number of ether oxygens (including phenoxy) is 4. The lowest BCUT2D eigenvalue weighted by atomic mass is 10.1. The van der Waals surface area contributed by atoms with Crippen LogP contribution in [0.15, 0.2) is 76.0 Å². The smallest absolute Gasteiger partial charge is 0.329 e. The number of hydrogen-bond acceptors (Lipinski definition) is 13. The molecule has 1 saturated heterocycles. The number of piperidine rings is 1. The summed E-state index contributed by atoms with van der Waals surface area (Å²) in [5, 5.41) is 6.38. The first-order valence-electron chi connectivity index (χ1n) is 19.5. The van der Waals surface area contributed by atoms with Crippen molar-refractivity contribution in [3.05, 3.63) is 82.4 Å². The predicted molar refractivity (Wildman–Crippen MR) is 226 cm³/mol. The number of aryl methyl sites for hydroxylation is 2. The van der Waals surface area contributed by atoms with Crippen LogP contribution in [0.2, 0.25) is 0 Å². The predicted octanol–water partition coefficient (Wildman–Crippen LogP) is 5.85. The summed E-state index contributed by atoms with van der Waals surface area (Å²) in [6, 6.07) is 16.1. The number of fused-ring (bicyclic) bond motifs is 3. The number of benzene rings is 3. The van der Waals surface area contributed by atoms with Crippen LogP contribution >= 0.6 is 11.3 Å². The third kappa shape index (κ3) is 9.34. The number of imide groups is 1. The molecule has 3 aromatic carbocycles. The molecule has 0 radical (unpaired) electrons. The van der Waals surface area contributed by atoms with Gasteiger partial charge in [-0.05, 0) is 88.1 Å². The number of carbonyl (C=O) groups excluding carboxylic acids is 2. The van der Waals surface area contributed by atoms with Gasteiger partial charge in [-0.1, -0.05) is 6.07 Å². The van der Waals surface area contributed by atoms with Crippen molar-refractivity contribution in [1.29, 1.82) is 0 Å². The van der Waals surface area contributed by atoms with Crippen LogP contribution in [0.5, 0.6) is 5.75 Å². The second-order valence-corrected chi connectivity index (χ2v) is 18.8. The third-order valence-corrected chi connectivity index (χ3v) is 13.5. The van der Waals surface area contributed by atoms with Crippen LogP contribution in [0.1, 0.15) is 51.6 Å². The maximum absolute atomic E-state index is 13.8. The average Bonchev–Trinajstić information content (AvgIpc) is 3.77. The topological polar surface area (TPSA) is 182 Å². The summed E-state index contributed by atoms with van der Waals surface area (Å²) >= 11 is 1.57. The molecule has 7 rings (SSSR count). The van der Waals surface area contributed by atoms with Gasteiger partial charge in [0.25, 0.3) is 0 Å². The van der Waals surface area contributed by atoms with Gasteiger partial charge in [0, 0.05) is 49.1 Å². The molecular weight excluding hydrogens is 797 g/mol. The summed E-state index contributed by atoms with van der Waals surface area (Å²) in [4.78, 5) is 46.1. The van der Waals surface area contributed by atoms with E-state index >= 15 is 0 Å². The van der Waals surface area contributed by atoms with Crippen molar-refractivity contribution in [2.45, 2.75) is 62.1 Å². The summed E-state index contributed by atoms with van der Waals surface area (Å²) in [7, 11) is -2.12. The molecule has 4 heterocycles. The molecule has 1 aliphatic heterocycles. The van der Waals surface area contributed by atoms with E-state index in [9.17, 15) is 22.8 Å². The number of carbonyl (C=O) groups is 2. The van der Waals surface area contributed by atoms with E-state index < -0.39 is 26.5 Å². The lowest BCUT2D eigenvalue weighted by molar-refractivity contribution is -0.135. The van der Waals surface area contributed by atoms with E-state index in [0.717, 1.165) is 39.8 Å². The highest BCUT2D eigenvalue weighted by atomic mass is 32.2. The van der Waals surface area contributed by atoms with Crippen molar-refractivity contribution in [2.24, 2.45) is 7.05 Å². The Labute approximate surface area is 345 Å². The maximum atomic E-state index is 13.8. The van der Waals surface area contributed by atoms with Crippen molar-refractivity contribution >= 4 is 76.5 Å². The van der Waals surface area contributed by atoms with E-state index in [2.05, 4.69) is 20.6 Å². The third-order valence-electron chi connectivity index (χ3n) is 10.2. The van der Waals surface area contributed by atoms with Crippen LogP contribution in [-0.4, -0.2) is 90.3 Å². The molecule has 0 bridgehead atoms. The molecule has 59 heavy (non-hydrogen) atoms. The van der Waals surface area contributed by atoms with Crippen molar-refractivity contribution in [3.63, 3.8) is 0 Å². The molecule has 312 valence electrons. The number of pyridine rings is 1. The van der Waals surface area contributed by atoms with Gasteiger partial charge in [-0.15, -0.1) is 11.3 Å². The zero-order valence-electron chi connectivity index (χ0n) is 33.5.